The normalized spacial score (nSPS) is 21.3. The summed E-state index contributed by atoms with van der Waals surface area (Å²) in [4.78, 5) is 13.1. The van der Waals surface area contributed by atoms with E-state index in [1.807, 2.05) is 28.8 Å². The van der Waals surface area contributed by atoms with E-state index in [0.29, 0.717) is 24.6 Å². The van der Waals surface area contributed by atoms with E-state index in [-0.39, 0.29) is 6.04 Å². The zero-order chi connectivity index (χ0) is 14.9. The SMILES string of the molecule is F[C@H]1CNC[C@@H]1Nc1cncc(-c2cnc3ccccn23)n1. The summed E-state index contributed by atoms with van der Waals surface area (Å²) in [6.07, 6.45) is 6.07. The Morgan fingerprint density at radius 3 is 3.05 bits per heavy atom. The number of hydrogen-bond donors (Lipinski definition) is 2. The molecule has 1 fully saturated rings. The number of nitrogens with one attached hydrogen (secondary N) is 2. The highest BCUT2D eigenvalue weighted by molar-refractivity contribution is 5.60. The van der Waals surface area contributed by atoms with Crippen LogP contribution in [0.1, 0.15) is 0 Å². The number of rotatable bonds is 3. The summed E-state index contributed by atoms with van der Waals surface area (Å²) >= 11 is 0. The van der Waals surface area contributed by atoms with Crippen molar-refractivity contribution in [2.24, 2.45) is 0 Å². The molecule has 0 aromatic carbocycles. The molecule has 112 valence electrons. The molecular formula is C15H15FN6. The highest BCUT2D eigenvalue weighted by Gasteiger charge is 2.26. The molecule has 3 aromatic rings. The lowest BCUT2D eigenvalue weighted by molar-refractivity contribution is 0.342. The van der Waals surface area contributed by atoms with E-state index in [0.717, 1.165) is 11.3 Å². The van der Waals surface area contributed by atoms with E-state index in [1.54, 1.807) is 18.6 Å². The minimum absolute atomic E-state index is 0.272. The molecule has 0 bridgehead atoms. The molecule has 0 unspecified atom stereocenters. The lowest BCUT2D eigenvalue weighted by Gasteiger charge is -2.14. The smallest absolute Gasteiger partial charge is 0.145 e. The highest BCUT2D eigenvalue weighted by atomic mass is 19.1. The zero-order valence-electron chi connectivity index (χ0n) is 11.8. The number of nitrogens with zero attached hydrogens (tertiary/aromatic N) is 4. The molecule has 22 heavy (non-hydrogen) atoms. The van der Waals surface area contributed by atoms with Gasteiger partial charge in [-0.1, -0.05) is 6.07 Å². The fraction of sp³-hybridized carbons (Fsp3) is 0.267. The number of fused-ring (bicyclic) bond motifs is 1. The standard InChI is InChI=1S/C15H15FN6/c16-10-5-17-6-11(10)20-14-9-18-7-12(21-14)13-8-19-15-3-1-2-4-22(13)15/h1-4,7-11,17H,5-6H2,(H,20,21)/t10-,11-/m0/s1. The van der Waals surface area contributed by atoms with Crippen LogP contribution in [-0.2, 0) is 0 Å². The Hall–Kier alpha value is -2.54. The van der Waals surface area contributed by atoms with Crippen LogP contribution in [0.3, 0.4) is 0 Å². The van der Waals surface area contributed by atoms with Gasteiger partial charge in [-0.05, 0) is 12.1 Å². The van der Waals surface area contributed by atoms with Gasteiger partial charge < -0.3 is 10.6 Å². The van der Waals surface area contributed by atoms with Crippen LogP contribution in [0.25, 0.3) is 17.0 Å². The summed E-state index contributed by atoms with van der Waals surface area (Å²) in [6, 6.07) is 5.53. The van der Waals surface area contributed by atoms with E-state index in [9.17, 15) is 4.39 Å². The average Bonchev–Trinajstić information content (AvgIpc) is 3.14. The maximum atomic E-state index is 13.7. The molecule has 0 amide bonds. The summed E-state index contributed by atoms with van der Waals surface area (Å²) in [7, 11) is 0. The molecule has 4 rings (SSSR count). The van der Waals surface area contributed by atoms with Gasteiger partial charge in [0, 0.05) is 19.3 Å². The van der Waals surface area contributed by atoms with Crippen molar-refractivity contribution in [2.75, 3.05) is 18.4 Å². The predicted octanol–water partition coefficient (Wildman–Crippen LogP) is 1.51. The van der Waals surface area contributed by atoms with Crippen molar-refractivity contribution < 1.29 is 4.39 Å². The Kier molecular flexibility index (Phi) is 3.19. The first-order chi connectivity index (χ1) is 10.8. The molecular weight excluding hydrogens is 283 g/mol. The number of imidazole rings is 1. The van der Waals surface area contributed by atoms with E-state index < -0.39 is 6.17 Å². The van der Waals surface area contributed by atoms with Crippen molar-refractivity contribution in [3.05, 3.63) is 43.0 Å². The number of anilines is 1. The molecule has 6 nitrogen and oxygen atoms in total. The van der Waals surface area contributed by atoms with Gasteiger partial charge in [-0.15, -0.1) is 0 Å². The largest absolute Gasteiger partial charge is 0.362 e. The van der Waals surface area contributed by atoms with E-state index >= 15 is 0 Å². The van der Waals surface area contributed by atoms with Gasteiger partial charge in [-0.25, -0.2) is 14.4 Å². The Morgan fingerprint density at radius 2 is 2.18 bits per heavy atom. The summed E-state index contributed by atoms with van der Waals surface area (Å²) in [6.45, 7) is 0.959. The Labute approximate surface area is 126 Å². The average molecular weight is 298 g/mol. The van der Waals surface area contributed by atoms with Crippen molar-refractivity contribution in [3.8, 4) is 11.4 Å². The molecule has 0 saturated carbocycles. The number of halogens is 1. The van der Waals surface area contributed by atoms with Gasteiger partial charge in [0.2, 0.25) is 0 Å². The fourth-order valence-corrected chi connectivity index (χ4v) is 2.66. The van der Waals surface area contributed by atoms with E-state index in [4.69, 9.17) is 0 Å². The Balaban J connectivity index is 1.67. The quantitative estimate of drug-likeness (QED) is 0.767. The van der Waals surface area contributed by atoms with E-state index in [2.05, 4.69) is 25.6 Å². The molecule has 0 spiro atoms. The predicted molar refractivity (Wildman–Crippen MR) is 81.4 cm³/mol. The minimum Gasteiger partial charge on any atom is -0.362 e. The Bertz CT molecular complexity index is 801. The van der Waals surface area contributed by atoms with Crippen molar-refractivity contribution in [1.82, 2.24) is 24.7 Å². The van der Waals surface area contributed by atoms with Gasteiger partial charge in [-0.2, -0.15) is 0 Å². The number of pyridine rings is 1. The molecule has 7 heteroatoms. The molecule has 1 aliphatic rings. The molecule has 0 radical (unpaired) electrons. The third-order valence-electron chi connectivity index (χ3n) is 3.79. The van der Waals surface area contributed by atoms with Crippen molar-refractivity contribution in [2.45, 2.75) is 12.2 Å². The van der Waals surface area contributed by atoms with Gasteiger partial charge in [-0.3, -0.25) is 9.38 Å². The van der Waals surface area contributed by atoms with E-state index in [1.165, 1.54) is 0 Å². The molecule has 4 heterocycles. The first-order valence-corrected chi connectivity index (χ1v) is 7.17. The Morgan fingerprint density at radius 1 is 1.23 bits per heavy atom. The van der Waals surface area contributed by atoms with Crippen LogP contribution < -0.4 is 10.6 Å². The first-order valence-electron chi connectivity index (χ1n) is 7.17. The van der Waals surface area contributed by atoms with Crippen LogP contribution in [0.5, 0.6) is 0 Å². The molecule has 2 atom stereocenters. The summed E-state index contributed by atoms with van der Waals surface area (Å²) in [5.41, 5.74) is 2.40. The fourth-order valence-electron chi connectivity index (χ4n) is 2.66. The third kappa shape index (κ3) is 2.29. The lowest BCUT2D eigenvalue weighted by atomic mass is 10.2. The maximum Gasteiger partial charge on any atom is 0.145 e. The molecule has 1 aliphatic heterocycles. The second-order valence-electron chi connectivity index (χ2n) is 5.29. The monoisotopic (exact) mass is 298 g/mol. The van der Waals surface area contributed by atoms with Crippen LogP contribution in [0.15, 0.2) is 43.0 Å². The summed E-state index contributed by atoms with van der Waals surface area (Å²) < 4.78 is 15.6. The van der Waals surface area contributed by atoms with Gasteiger partial charge in [0.05, 0.1) is 30.3 Å². The van der Waals surface area contributed by atoms with Gasteiger partial charge in [0.15, 0.2) is 0 Å². The van der Waals surface area contributed by atoms with Crippen LogP contribution in [0, 0.1) is 0 Å². The molecule has 3 aromatic heterocycles. The van der Waals surface area contributed by atoms with Gasteiger partial charge in [0.1, 0.15) is 23.3 Å². The number of alkyl halides is 1. The van der Waals surface area contributed by atoms with Crippen molar-refractivity contribution in [1.29, 1.82) is 0 Å². The highest BCUT2D eigenvalue weighted by Crippen LogP contribution is 2.20. The van der Waals surface area contributed by atoms with Crippen LogP contribution in [0.4, 0.5) is 10.2 Å². The summed E-state index contributed by atoms with van der Waals surface area (Å²) in [5.74, 6) is 0.569. The minimum atomic E-state index is -0.916. The van der Waals surface area contributed by atoms with Gasteiger partial charge in [0.25, 0.3) is 0 Å². The molecule has 0 aliphatic carbocycles. The van der Waals surface area contributed by atoms with Gasteiger partial charge >= 0.3 is 0 Å². The maximum absolute atomic E-state index is 13.7. The second-order valence-corrected chi connectivity index (χ2v) is 5.29. The second kappa shape index (κ2) is 5.34. The molecule has 1 saturated heterocycles. The van der Waals surface area contributed by atoms with Crippen molar-refractivity contribution in [3.63, 3.8) is 0 Å². The third-order valence-corrected chi connectivity index (χ3v) is 3.79. The van der Waals surface area contributed by atoms with Crippen LogP contribution in [-0.4, -0.2) is 44.7 Å². The topological polar surface area (TPSA) is 67.1 Å². The lowest BCUT2D eigenvalue weighted by Crippen LogP contribution is -2.29. The summed E-state index contributed by atoms with van der Waals surface area (Å²) in [5, 5.41) is 6.11. The zero-order valence-corrected chi connectivity index (χ0v) is 11.8. The number of hydrogen-bond acceptors (Lipinski definition) is 5. The van der Waals surface area contributed by atoms with Crippen LogP contribution >= 0.6 is 0 Å². The van der Waals surface area contributed by atoms with Crippen molar-refractivity contribution >= 4 is 11.5 Å². The number of aromatic nitrogens is 4. The first kappa shape index (κ1) is 13.1. The molecule has 2 N–H and O–H groups in total. The van der Waals surface area contributed by atoms with Crippen LogP contribution in [0.2, 0.25) is 0 Å².